The maximum Gasteiger partial charge on any atom is 0.310 e. The quantitative estimate of drug-likeness (QED) is 0.825. The second kappa shape index (κ2) is 6.89. The summed E-state index contributed by atoms with van der Waals surface area (Å²) in [5.74, 6) is -1.79. The minimum Gasteiger partial charge on any atom is -0.481 e. The lowest BCUT2D eigenvalue weighted by Gasteiger charge is -2.12. The van der Waals surface area contributed by atoms with Gasteiger partial charge in [0.1, 0.15) is 0 Å². The summed E-state index contributed by atoms with van der Waals surface area (Å²) in [6, 6.07) is 6.81. The number of carbonyl (C=O) groups excluding carboxylic acids is 1. The highest BCUT2D eigenvalue weighted by molar-refractivity contribution is 5.92. The van der Waals surface area contributed by atoms with Crippen molar-refractivity contribution in [2.75, 3.05) is 19.0 Å². The van der Waals surface area contributed by atoms with Gasteiger partial charge in [0.2, 0.25) is 5.91 Å². The molecule has 2 N–H and O–H groups in total. The molecular weight excluding hydrogens is 246 g/mol. The predicted octanol–water partition coefficient (Wildman–Crippen LogP) is 2.10. The van der Waals surface area contributed by atoms with Gasteiger partial charge in [-0.25, -0.2) is 0 Å². The largest absolute Gasteiger partial charge is 0.481 e. The van der Waals surface area contributed by atoms with Crippen LogP contribution in [0.5, 0.6) is 0 Å². The van der Waals surface area contributed by atoms with Gasteiger partial charge in [0, 0.05) is 12.8 Å². The molecule has 2 unspecified atom stereocenters. The molecule has 0 saturated carbocycles. The van der Waals surface area contributed by atoms with Crippen LogP contribution >= 0.6 is 0 Å². The van der Waals surface area contributed by atoms with Crippen molar-refractivity contribution in [1.82, 2.24) is 0 Å². The lowest BCUT2D eigenvalue weighted by molar-refractivity contribution is -0.138. The van der Waals surface area contributed by atoms with Crippen LogP contribution in [0.25, 0.3) is 0 Å². The topological polar surface area (TPSA) is 75.6 Å². The normalized spacial score (nSPS) is 13.6. The molecule has 0 radical (unpaired) electrons. The lowest BCUT2D eigenvalue weighted by atomic mass is 10.0. The van der Waals surface area contributed by atoms with Crippen LogP contribution in [-0.4, -0.2) is 30.7 Å². The van der Waals surface area contributed by atoms with E-state index < -0.39 is 11.9 Å². The zero-order valence-electron chi connectivity index (χ0n) is 11.3. The highest BCUT2D eigenvalue weighted by atomic mass is 16.5. The average Bonchev–Trinajstić information content (AvgIpc) is 2.38. The maximum absolute atomic E-state index is 11.7. The molecule has 0 aromatic heterocycles. The van der Waals surface area contributed by atoms with Crippen molar-refractivity contribution in [3.8, 4) is 0 Å². The smallest absolute Gasteiger partial charge is 0.310 e. The summed E-state index contributed by atoms with van der Waals surface area (Å²) in [7, 11) is 1.55. The van der Waals surface area contributed by atoms with E-state index in [-0.39, 0.29) is 11.8 Å². The van der Waals surface area contributed by atoms with E-state index in [1.807, 2.05) is 0 Å². The molecule has 19 heavy (non-hydrogen) atoms. The van der Waals surface area contributed by atoms with Gasteiger partial charge in [0.05, 0.1) is 18.4 Å². The average molecular weight is 265 g/mol. The second-order valence-electron chi connectivity index (χ2n) is 4.53. The molecule has 5 heteroatoms. The summed E-state index contributed by atoms with van der Waals surface area (Å²) in [6.07, 6.45) is 0. The number of hydrogen-bond donors (Lipinski definition) is 2. The second-order valence-corrected chi connectivity index (χ2v) is 4.53. The Morgan fingerprint density at radius 2 is 1.84 bits per heavy atom. The Morgan fingerprint density at radius 3 is 2.32 bits per heavy atom. The monoisotopic (exact) mass is 265 g/mol. The number of aliphatic carboxylic acids is 1. The standard InChI is InChI=1S/C14H19NO4/c1-9(8-19-3)13(16)15-12-6-4-11(5-7-12)10(2)14(17)18/h4-7,9-10H,8H2,1-3H3,(H,15,16)(H,17,18). The van der Waals surface area contributed by atoms with E-state index >= 15 is 0 Å². The molecule has 0 heterocycles. The number of anilines is 1. The van der Waals surface area contributed by atoms with Gasteiger partial charge >= 0.3 is 5.97 Å². The third kappa shape index (κ3) is 4.37. The van der Waals surface area contributed by atoms with E-state index in [9.17, 15) is 9.59 Å². The fourth-order valence-electron chi connectivity index (χ4n) is 1.59. The van der Waals surface area contributed by atoms with Gasteiger partial charge in [0.15, 0.2) is 0 Å². The molecule has 0 fully saturated rings. The molecule has 0 spiro atoms. The van der Waals surface area contributed by atoms with Gasteiger partial charge in [-0.05, 0) is 24.6 Å². The number of ether oxygens (including phenoxy) is 1. The maximum atomic E-state index is 11.7. The van der Waals surface area contributed by atoms with Crippen molar-refractivity contribution in [3.05, 3.63) is 29.8 Å². The number of benzene rings is 1. The lowest BCUT2D eigenvalue weighted by Crippen LogP contribution is -2.23. The summed E-state index contributed by atoms with van der Waals surface area (Å²) >= 11 is 0. The molecule has 0 aliphatic carbocycles. The van der Waals surface area contributed by atoms with Crippen LogP contribution < -0.4 is 5.32 Å². The third-order valence-corrected chi connectivity index (χ3v) is 2.91. The first kappa shape index (κ1) is 15.2. The summed E-state index contributed by atoms with van der Waals surface area (Å²) in [6.45, 7) is 3.76. The molecule has 0 aliphatic heterocycles. The Kier molecular flexibility index (Phi) is 5.51. The van der Waals surface area contributed by atoms with Crippen molar-refractivity contribution in [2.45, 2.75) is 19.8 Å². The van der Waals surface area contributed by atoms with Crippen LogP contribution in [0.4, 0.5) is 5.69 Å². The number of nitrogens with one attached hydrogen (secondary N) is 1. The van der Waals surface area contributed by atoms with E-state index in [4.69, 9.17) is 9.84 Å². The van der Waals surface area contributed by atoms with E-state index in [0.29, 0.717) is 17.9 Å². The number of carbonyl (C=O) groups is 2. The highest BCUT2D eigenvalue weighted by Gasteiger charge is 2.15. The van der Waals surface area contributed by atoms with E-state index in [0.717, 1.165) is 0 Å². The Bertz CT molecular complexity index is 441. The van der Waals surface area contributed by atoms with Crippen LogP contribution in [0.15, 0.2) is 24.3 Å². The number of amides is 1. The molecule has 2 atom stereocenters. The molecule has 0 saturated heterocycles. The van der Waals surface area contributed by atoms with Gasteiger partial charge < -0.3 is 15.2 Å². The van der Waals surface area contributed by atoms with Crippen LogP contribution in [0.1, 0.15) is 25.3 Å². The first-order chi connectivity index (χ1) is 8.95. The molecule has 0 bridgehead atoms. The summed E-state index contributed by atoms with van der Waals surface area (Å²) in [5.41, 5.74) is 1.35. The van der Waals surface area contributed by atoms with Crippen molar-refractivity contribution in [3.63, 3.8) is 0 Å². The van der Waals surface area contributed by atoms with Crippen molar-refractivity contribution >= 4 is 17.6 Å². The van der Waals surface area contributed by atoms with Gasteiger partial charge in [-0.1, -0.05) is 19.1 Å². The zero-order valence-corrected chi connectivity index (χ0v) is 11.3. The van der Waals surface area contributed by atoms with Gasteiger partial charge in [-0.3, -0.25) is 9.59 Å². The SMILES string of the molecule is COCC(C)C(=O)Nc1ccc(C(C)C(=O)O)cc1. The zero-order chi connectivity index (χ0) is 14.4. The Labute approximate surface area is 112 Å². The van der Waals surface area contributed by atoms with Crippen LogP contribution in [0.3, 0.4) is 0 Å². The Hall–Kier alpha value is -1.88. The fourth-order valence-corrected chi connectivity index (χ4v) is 1.59. The van der Waals surface area contributed by atoms with Crippen molar-refractivity contribution in [1.29, 1.82) is 0 Å². The number of methoxy groups -OCH3 is 1. The first-order valence-corrected chi connectivity index (χ1v) is 6.08. The number of rotatable bonds is 6. The minimum absolute atomic E-state index is 0.124. The van der Waals surface area contributed by atoms with Crippen LogP contribution in [-0.2, 0) is 14.3 Å². The summed E-state index contributed by atoms with van der Waals surface area (Å²) in [5, 5.41) is 11.7. The molecule has 1 amide bonds. The molecular formula is C14H19NO4. The molecule has 1 rings (SSSR count). The number of carboxylic acids is 1. The minimum atomic E-state index is -0.870. The molecule has 0 aliphatic rings. The highest BCUT2D eigenvalue weighted by Crippen LogP contribution is 2.18. The van der Waals surface area contributed by atoms with Crippen molar-refractivity contribution in [2.24, 2.45) is 5.92 Å². The van der Waals surface area contributed by atoms with E-state index in [1.165, 1.54) is 0 Å². The first-order valence-electron chi connectivity index (χ1n) is 6.08. The summed E-state index contributed by atoms with van der Waals surface area (Å²) in [4.78, 5) is 22.6. The molecule has 104 valence electrons. The molecule has 5 nitrogen and oxygen atoms in total. The molecule has 1 aromatic carbocycles. The Morgan fingerprint density at radius 1 is 1.26 bits per heavy atom. The van der Waals surface area contributed by atoms with E-state index in [1.54, 1.807) is 45.2 Å². The molecule has 1 aromatic rings. The number of carboxylic acid groups (broad SMARTS) is 1. The Balaban J connectivity index is 2.67. The summed E-state index contributed by atoms with van der Waals surface area (Å²) < 4.78 is 4.91. The fraction of sp³-hybridized carbons (Fsp3) is 0.429. The van der Waals surface area contributed by atoms with Gasteiger partial charge in [0.25, 0.3) is 0 Å². The van der Waals surface area contributed by atoms with Crippen LogP contribution in [0, 0.1) is 5.92 Å². The predicted molar refractivity (Wildman–Crippen MR) is 72.2 cm³/mol. The van der Waals surface area contributed by atoms with Gasteiger partial charge in [-0.15, -0.1) is 0 Å². The third-order valence-electron chi connectivity index (χ3n) is 2.91. The van der Waals surface area contributed by atoms with Crippen LogP contribution in [0.2, 0.25) is 0 Å². The van der Waals surface area contributed by atoms with Gasteiger partial charge in [-0.2, -0.15) is 0 Å². The number of hydrogen-bond acceptors (Lipinski definition) is 3. The van der Waals surface area contributed by atoms with E-state index in [2.05, 4.69) is 5.32 Å². The van der Waals surface area contributed by atoms with Crippen molar-refractivity contribution < 1.29 is 19.4 Å².